The molecule has 0 unspecified atom stereocenters. The molecule has 0 radical (unpaired) electrons. The molecule has 0 spiro atoms. The molecule has 2 aromatic rings. The molecule has 0 aliphatic rings. The number of hydrogen-bond acceptors (Lipinski definition) is 4. The van der Waals surface area contributed by atoms with E-state index in [1.54, 1.807) is 0 Å². The topological polar surface area (TPSA) is 46.5 Å². The quantitative estimate of drug-likeness (QED) is 0.424. The van der Waals surface area contributed by atoms with Crippen LogP contribution in [0.4, 0.5) is 22.0 Å². The standard InChI is InChI=1S/C16H10F5NO2S/c17-9-3-1-4-10(18)15(9)12(24)8-22-14(16(19,20)21)7-11(23)13-5-2-6-25-13/h1-6H,7-8H2. The molecule has 9 heteroatoms. The maximum atomic E-state index is 13.5. The van der Waals surface area contributed by atoms with Crippen molar-refractivity contribution in [1.29, 1.82) is 0 Å². The zero-order chi connectivity index (χ0) is 18.6. The lowest BCUT2D eigenvalue weighted by Gasteiger charge is -2.10. The Morgan fingerprint density at radius 2 is 1.64 bits per heavy atom. The van der Waals surface area contributed by atoms with Gasteiger partial charge >= 0.3 is 6.18 Å². The van der Waals surface area contributed by atoms with Gasteiger partial charge in [-0.05, 0) is 23.6 Å². The summed E-state index contributed by atoms with van der Waals surface area (Å²) in [7, 11) is 0. The van der Waals surface area contributed by atoms with Crippen LogP contribution in [0.15, 0.2) is 40.7 Å². The van der Waals surface area contributed by atoms with Crippen LogP contribution in [0.25, 0.3) is 0 Å². The number of halogens is 5. The lowest BCUT2D eigenvalue weighted by atomic mass is 10.1. The number of carbonyl (C=O) groups is 2. The van der Waals surface area contributed by atoms with Crippen LogP contribution >= 0.6 is 11.3 Å². The fourth-order valence-electron chi connectivity index (χ4n) is 1.93. The SMILES string of the molecule is O=C(CC(=NCC(=O)c1c(F)cccc1F)C(F)(F)F)c1cccs1. The lowest BCUT2D eigenvalue weighted by Crippen LogP contribution is -2.27. The fourth-order valence-corrected chi connectivity index (χ4v) is 2.60. The van der Waals surface area contributed by atoms with Crippen molar-refractivity contribution in [3.05, 3.63) is 57.8 Å². The zero-order valence-corrected chi connectivity index (χ0v) is 13.3. The highest BCUT2D eigenvalue weighted by Crippen LogP contribution is 2.23. The normalized spacial score (nSPS) is 12.3. The first-order valence-electron chi connectivity index (χ1n) is 6.84. The second-order valence-corrected chi connectivity index (χ2v) is 5.81. The van der Waals surface area contributed by atoms with Crippen LogP contribution in [0.1, 0.15) is 26.5 Å². The lowest BCUT2D eigenvalue weighted by molar-refractivity contribution is -0.0603. The van der Waals surface area contributed by atoms with E-state index in [0.717, 1.165) is 29.5 Å². The second-order valence-electron chi connectivity index (χ2n) is 4.86. The predicted molar refractivity (Wildman–Crippen MR) is 82.3 cm³/mol. The molecule has 0 saturated carbocycles. The molecule has 25 heavy (non-hydrogen) atoms. The molecule has 0 fully saturated rings. The Bertz CT molecular complexity index is 792. The Morgan fingerprint density at radius 3 is 2.16 bits per heavy atom. The largest absolute Gasteiger partial charge is 0.429 e. The molecule has 0 amide bonds. The van der Waals surface area contributed by atoms with E-state index in [1.165, 1.54) is 17.5 Å². The third-order valence-corrected chi connectivity index (χ3v) is 4.02. The van der Waals surface area contributed by atoms with Crippen molar-refractivity contribution in [3.63, 3.8) is 0 Å². The number of nitrogens with zero attached hydrogens (tertiary/aromatic N) is 1. The minimum atomic E-state index is -4.94. The minimum Gasteiger partial charge on any atom is -0.293 e. The smallest absolute Gasteiger partial charge is 0.293 e. The monoisotopic (exact) mass is 375 g/mol. The Balaban J connectivity index is 2.21. The van der Waals surface area contributed by atoms with E-state index in [-0.39, 0.29) is 4.88 Å². The van der Waals surface area contributed by atoms with Crippen LogP contribution in [0, 0.1) is 11.6 Å². The van der Waals surface area contributed by atoms with Gasteiger partial charge in [-0.15, -0.1) is 11.3 Å². The fraction of sp³-hybridized carbons (Fsp3) is 0.188. The van der Waals surface area contributed by atoms with Crippen molar-refractivity contribution in [2.24, 2.45) is 4.99 Å². The number of rotatable bonds is 6. The number of benzene rings is 1. The van der Waals surface area contributed by atoms with E-state index in [2.05, 4.69) is 4.99 Å². The Labute approximate surface area is 142 Å². The molecule has 3 nitrogen and oxygen atoms in total. The number of carbonyl (C=O) groups excluding carboxylic acids is 2. The summed E-state index contributed by atoms with van der Waals surface area (Å²) >= 11 is 0.971. The summed E-state index contributed by atoms with van der Waals surface area (Å²) in [6.07, 6.45) is -6.00. The first kappa shape index (κ1) is 18.9. The van der Waals surface area contributed by atoms with Crippen LogP contribution in [0.3, 0.4) is 0 Å². The average Bonchev–Trinajstić information content (AvgIpc) is 3.04. The Kier molecular flexibility index (Phi) is 5.78. The van der Waals surface area contributed by atoms with Crippen molar-refractivity contribution < 1.29 is 31.5 Å². The first-order chi connectivity index (χ1) is 11.7. The maximum absolute atomic E-state index is 13.5. The van der Waals surface area contributed by atoms with Gasteiger partial charge in [-0.25, -0.2) is 8.78 Å². The Morgan fingerprint density at radius 1 is 1.00 bits per heavy atom. The van der Waals surface area contributed by atoms with Gasteiger partial charge in [0.15, 0.2) is 11.6 Å². The highest BCUT2D eigenvalue weighted by Gasteiger charge is 2.37. The number of Topliss-reactive ketones (excluding diaryl/α,β-unsaturated/α-hetero) is 2. The molecular formula is C16H10F5NO2S. The van der Waals surface area contributed by atoms with Crippen LogP contribution in [-0.4, -0.2) is 30.0 Å². The molecule has 0 saturated heterocycles. The van der Waals surface area contributed by atoms with Gasteiger partial charge in [0.25, 0.3) is 0 Å². The third kappa shape index (κ3) is 4.79. The third-order valence-electron chi connectivity index (χ3n) is 3.11. The molecule has 1 aromatic heterocycles. The molecule has 1 heterocycles. The highest BCUT2D eigenvalue weighted by atomic mass is 32.1. The van der Waals surface area contributed by atoms with Crippen molar-refractivity contribution in [2.75, 3.05) is 6.54 Å². The highest BCUT2D eigenvalue weighted by molar-refractivity contribution is 7.12. The van der Waals surface area contributed by atoms with E-state index in [1.807, 2.05) is 0 Å². The van der Waals surface area contributed by atoms with E-state index >= 15 is 0 Å². The summed E-state index contributed by atoms with van der Waals surface area (Å²) in [5.41, 5.74) is -2.44. The van der Waals surface area contributed by atoms with E-state index < -0.39 is 53.6 Å². The molecule has 0 atom stereocenters. The molecule has 0 aliphatic carbocycles. The van der Waals surface area contributed by atoms with E-state index in [4.69, 9.17) is 0 Å². The minimum absolute atomic E-state index is 0.114. The molecule has 2 rings (SSSR count). The van der Waals surface area contributed by atoms with E-state index in [9.17, 15) is 31.5 Å². The van der Waals surface area contributed by atoms with Crippen molar-refractivity contribution >= 4 is 28.6 Å². The van der Waals surface area contributed by atoms with Crippen molar-refractivity contribution in [2.45, 2.75) is 12.6 Å². The Hall–Kier alpha value is -2.42. The zero-order valence-electron chi connectivity index (χ0n) is 12.4. The summed E-state index contributed by atoms with van der Waals surface area (Å²) in [5, 5.41) is 1.53. The summed E-state index contributed by atoms with van der Waals surface area (Å²) in [6.45, 7) is -1.12. The van der Waals surface area contributed by atoms with Gasteiger partial charge in [-0.2, -0.15) is 13.2 Å². The number of thiophene rings is 1. The predicted octanol–water partition coefficient (Wildman–Crippen LogP) is 4.49. The molecule has 132 valence electrons. The average molecular weight is 375 g/mol. The van der Waals surface area contributed by atoms with Gasteiger partial charge in [0.2, 0.25) is 0 Å². The molecule has 0 aliphatic heterocycles. The van der Waals surface area contributed by atoms with Gasteiger partial charge in [0, 0.05) is 0 Å². The van der Waals surface area contributed by atoms with Crippen LogP contribution in [0.5, 0.6) is 0 Å². The second kappa shape index (κ2) is 7.64. The number of ketones is 2. The van der Waals surface area contributed by atoms with Gasteiger partial charge in [-0.1, -0.05) is 12.1 Å². The van der Waals surface area contributed by atoms with Crippen molar-refractivity contribution in [3.8, 4) is 0 Å². The van der Waals surface area contributed by atoms with Crippen LogP contribution < -0.4 is 0 Å². The number of alkyl halides is 3. The van der Waals surface area contributed by atoms with Crippen LogP contribution in [-0.2, 0) is 0 Å². The van der Waals surface area contributed by atoms with Gasteiger partial charge < -0.3 is 0 Å². The number of hydrogen-bond donors (Lipinski definition) is 0. The summed E-state index contributed by atoms with van der Waals surface area (Å²) in [5.74, 6) is -4.44. The van der Waals surface area contributed by atoms with E-state index in [0.29, 0.717) is 0 Å². The molecule has 0 N–H and O–H groups in total. The van der Waals surface area contributed by atoms with Gasteiger partial charge in [-0.3, -0.25) is 14.6 Å². The molecule has 0 bridgehead atoms. The molecule has 1 aromatic carbocycles. The van der Waals surface area contributed by atoms with Crippen molar-refractivity contribution in [1.82, 2.24) is 0 Å². The molecular weight excluding hydrogens is 365 g/mol. The number of aliphatic imine (C=N–C) groups is 1. The maximum Gasteiger partial charge on any atom is 0.429 e. The summed E-state index contributed by atoms with van der Waals surface area (Å²) < 4.78 is 65.9. The van der Waals surface area contributed by atoms with Gasteiger partial charge in [0.05, 0.1) is 16.9 Å². The van der Waals surface area contributed by atoms with Gasteiger partial charge in [0.1, 0.15) is 23.9 Å². The summed E-state index contributed by atoms with van der Waals surface area (Å²) in [4.78, 5) is 26.8. The van der Waals surface area contributed by atoms with Crippen LogP contribution in [0.2, 0.25) is 0 Å². The summed E-state index contributed by atoms with van der Waals surface area (Å²) in [6, 6.07) is 5.51. The first-order valence-corrected chi connectivity index (χ1v) is 7.72.